The summed E-state index contributed by atoms with van der Waals surface area (Å²) in [6.45, 7) is 6.63. The van der Waals surface area contributed by atoms with Crippen LogP contribution >= 0.6 is 11.3 Å². The Balaban J connectivity index is 2.00. The van der Waals surface area contributed by atoms with E-state index in [2.05, 4.69) is 9.97 Å². The summed E-state index contributed by atoms with van der Waals surface area (Å²) in [5, 5.41) is 0. The molecule has 20 heavy (non-hydrogen) atoms. The summed E-state index contributed by atoms with van der Waals surface area (Å²) in [7, 11) is 0. The number of rotatable bonds is 6. The number of pyridine rings is 1. The van der Waals surface area contributed by atoms with Crippen LogP contribution in [0.3, 0.4) is 0 Å². The molecule has 0 aliphatic carbocycles. The van der Waals surface area contributed by atoms with Gasteiger partial charge in [0, 0.05) is 29.5 Å². The molecule has 0 bridgehead atoms. The molecule has 0 saturated heterocycles. The summed E-state index contributed by atoms with van der Waals surface area (Å²) in [5.74, 6) is 0.843. The molecule has 1 atom stereocenters. The van der Waals surface area contributed by atoms with E-state index >= 15 is 0 Å². The first kappa shape index (κ1) is 14.9. The van der Waals surface area contributed by atoms with Crippen LogP contribution in [0.1, 0.15) is 28.9 Å². The fourth-order valence-electron chi connectivity index (χ4n) is 2.00. The Morgan fingerprint density at radius 1 is 1.35 bits per heavy atom. The molecule has 108 valence electrons. The van der Waals surface area contributed by atoms with E-state index in [0.717, 1.165) is 35.7 Å². The fraction of sp³-hybridized carbons (Fsp3) is 0.467. The highest BCUT2D eigenvalue weighted by Crippen LogP contribution is 2.19. The third-order valence-electron chi connectivity index (χ3n) is 3.02. The fourth-order valence-corrected chi connectivity index (χ4v) is 2.76. The number of hydrogen-bond donors (Lipinski definition) is 1. The molecule has 0 amide bonds. The van der Waals surface area contributed by atoms with E-state index < -0.39 is 0 Å². The minimum Gasteiger partial charge on any atom is -0.491 e. The standard InChI is InChI=1S/C15H21N3OS/c1-10(16)8-13-14(5-4-11(2)18-13)19-7-6-15-12(3)17-9-20-15/h4-5,9-10H,6-8,16H2,1-3H3. The van der Waals surface area contributed by atoms with E-state index in [1.54, 1.807) is 11.3 Å². The number of aryl methyl sites for hydroxylation is 2. The van der Waals surface area contributed by atoms with Gasteiger partial charge in [0.2, 0.25) is 0 Å². The maximum absolute atomic E-state index is 5.88. The van der Waals surface area contributed by atoms with Gasteiger partial charge in [-0.1, -0.05) is 0 Å². The number of hydrogen-bond acceptors (Lipinski definition) is 5. The van der Waals surface area contributed by atoms with Crippen LogP contribution in [-0.4, -0.2) is 22.6 Å². The van der Waals surface area contributed by atoms with Crippen LogP contribution in [0.2, 0.25) is 0 Å². The van der Waals surface area contributed by atoms with Crippen LogP contribution in [0.5, 0.6) is 5.75 Å². The van der Waals surface area contributed by atoms with Crippen molar-refractivity contribution >= 4 is 11.3 Å². The number of ether oxygens (including phenoxy) is 1. The summed E-state index contributed by atoms with van der Waals surface area (Å²) in [4.78, 5) is 10.1. The summed E-state index contributed by atoms with van der Waals surface area (Å²) >= 11 is 1.68. The molecular formula is C15H21N3OS. The zero-order chi connectivity index (χ0) is 14.5. The third kappa shape index (κ3) is 4.02. The van der Waals surface area contributed by atoms with Gasteiger partial charge < -0.3 is 10.5 Å². The second kappa shape index (κ2) is 6.81. The lowest BCUT2D eigenvalue weighted by Gasteiger charge is -2.13. The molecule has 4 nitrogen and oxygen atoms in total. The number of aromatic nitrogens is 2. The summed E-state index contributed by atoms with van der Waals surface area (Å²) in [6, 6.07) is 4.03. The largest absolute Gasteiger partial charge is 0.491 e. The van der Waals surface area contributed by atoms with Crippen LogP contribution in [-0.2, 0) is 12.8 Å². The molecule has 1 unspecified atom stereocenters. The smallest absolute Gasteiger partial charge is 0.140 e. The molecule has 0 aromatic carbocycles. The SMILES string of the molecule is Cc1ccc(OCCc2scnc2C)c(CC(C)N)n1. The first-order valence-corrected chi connectivity index (χ1v) is 7.68. The third-order valence-corrected chi connectivity index (χ3v) is 4.01. The van der Waals surface area contributed by atoms with Crippen molar-refractivity contribution in [2.75, 3.05) is 6.61 Å². The molecule has 2 heterocycles. The van der Waals surface area contributed by atoms with Gasteiger partial charge in [-0.25, -0.2) is 4.98 Å². The molecule has 2 aromatic rings. The van der Waals surface area contributed by atoms with E-state index in [1.807, 2.05) is 38.4 Å². The Morgan fingerprint density at radius 2 is 2.15 bits per heavy atom. The quantitative estimate of drug-likeness (QED) is 0.889. The lowest BCUT2D eigenvalue weighted by atomic mass is 10.1. The van der Waals surface area contributed by atoms with Crippen molar-refractivity contribution in [2.24, 2.45) is 5.73 Å². The highest BCUT2D eigenvalue weighted by molar-refractivity contribution is 7.09. The molecule has 2 N–H and O–H groups in total. The average Bonchev–Trinajstić information content (AvgIpc) is 2.77. The Labute approximate surface area is 124 Å². The van der Waals surface area contributed by atoms with Crippen LogP contribution < -0.4 is 10.5 Å². The van der Waals surface area contributed by atoms with Gasteiger partial charge in [-0.2, -0.15) is 0 Å². The van der Waals surface area contributed by atoms with Crippen molar-refractivity contribution in [3.63, 3.8) is 0 Å². The van der Waals surface area contributed by atoms with Crippen molar-refractivity contribution in [1.29, 1.82) is 0 Å². The molecule has 0 fully saturated rings. The number of nitrogens with zero attached hydrogens (tertiary/aromatic N) is 2. The van der Waals surface area contributed by atoms with Gasteiger partial charge in [-0.15, -0.1) is 11.3 Å². The lowest BCUT2D eigenvalue weighted by molar-refractivity contribution is 0.316. The second-order valence-corrected chi connectivity index (χ2v) is 5.98. The highest BCUT2D eigenvalue weighted by Gasteiger charge is 2.09. The first-order valence-electron chi connectivity index (χ1n) is 6.80. The van der Waals surface area contributed by atoms with Crippen molar-refractivity contribution in [3.8, 4) is 5.75 Å². The summed E-state index contributed by atoms with van der Waals surface area (Å²) in [5.41, 5.74) is 10.8. The highest BCUT2D eigenvalue weighted by atomic mass is 32.1. The average molecular weight is 291 g/mol. The van der Waals surface area contributed by atoms with Crippen molar-refractivity contribution in [2.45, 2.75) is 39.7 Å². The van der Waals surface area contributed by atoms with E-state index in [9.17, 15) is 0 Å². The van der Waals surface area contributed by atoms with Crippen molar-refractivity contribution < 1.29 is 4.74 Å². The molecule has 2 rings (SSSR count). The van der Waals surface area contributed by atoms with E-state index in [4.69, 9.17) is 10.5 Å². The van der Waals surface area contributed by atoms with E-state index in [0.29, 0.717) is 6.61 Å². The van der Waals surface area contributed by atoms with Crippen LogP contribution in [0.25, 0.3) is 0 Å². The number of nitrogens with two attached hydrogens (primary N) is 1. The van der Waals surface area contributed by atoms with Crippen molar-refractivity contribution in [3.05, 3.63) is 39.6 Å². The predicted molar refractivity (Wildman–Crippen MR) is 82.4 cm³/mol. The van der Waals surface area contributed by atoms with Gasteiger partial charge in [-0.3, -0.25) is 4.98 Å². The summed E-state index contributed by atoms with van der Waals surface area (Å²) < 4.78 is 5.88. The van der Waals surface area contributed by atoms with Crippen LogP contribution in [0.4, 0.5) is 0 Å². The zero-order valence-corrected chi connectivity index (χ0v) is 13.0. The van der Waals surface area contributed by atoms with Gasteiger partial charge >= 0.3 is 0 Å². The molecular weight excluding hydrogens is 270 g/mol. The maximum atomic E-state index is 5.88. The van der Waals surface area contributed by atoms with Gasteiger partial charge in [0.1, 0.15) is 5.75 Å². The first-order chi connectivity index (χ1) is 9.56. The van der Waals surface area contributed by atoms with Crippen LogP contribution in [0.15, 0.2) is 17.6 Å². The van der Waals surface area contributed by atoms with Crippen molar-refractivity contribution in [1.82, 2.24) is 9.97 Å². The van der Waals surface area contributed by atoms with Gasteiger partial charge in [0.05, 0.1) is 23.5 Å². The molecule has 0 aliphatic heterocycles. The Bertz CT molecular complexity index is 566. The van der Waals surface area contributed by atoms with Gasteiger partial charge in [-0.05, 0) is 32.9 Å². The van der Waals surface area contributed by atoms with E-state index in [-0.39, 0.29) is 6.04 Å². The normalized spacial score (nSPS) is 12.4. The van der Waals surface area contributed by atoms with Crippen LogP contribution in [0, 0.1) is 13.8 Å². The number of thiazole rings is 1. The monoisotopic (exact) mass is 291 g/mol. The molecule has 0 radical (unpaired) electrons. The molecule has 2 aromatic heterocycles. The zero-order valence-electron chi connectivity index (χ0n) is 12.2. The Morgan fingerprint density at radius 3 is 2.80 bits per heavy atom. The molecule has 0 spiro atoms. The van der Waals surface area contributed by atoms with Gasteiger partial charge in [0.15, 0.2) is 0 Å². The molecule has 5 heteroatoms. The minimum absolute atomic E-state index is 0.0791. The maximum Gasteiger partial charge on any atom is 0.140 e. The van der Waals surface area contributed by atoms with E-state index in [1.165, 1.54) is 4.88 Å². The second-order valence-electron chi connectivity index (χ2n) is 5.04. The lowest BCUT2D eigenvalue weighted by Crippen LogP contribution is -2.19. The summed E-state index contributed by atoms with van der Waals surface area (Å²) in [6.07, 6.45) is 1.61. The topological polar surface area (TPSA) is 61.0 Å². The Hall–Kier alpha value is -1.46. The Kier molecular flexibility index (Phi) is 5.09. The molecule has 0 saturated carbocycles. The van der Waals surface area contributed by atoms with Gasteiger partial charge in [0.25, 0.3) is 0 Å². The predicted octanol–water partition coefficient (Wildman–Crippen LogP) is 2.67. The molecule has 0 aliphatic rings. The minimum atomic E-state index is 0.0791.